The smallest absolute Gasteiger partial charge is 0.123 e. The van der Waals surface area contributed by atoms with Gasteiger partial charge in [0.25, 0.3) is 0 Å². The summed E-state index contributed by atoms with van der Waals surface area (Å²) in [6.45, 7) is 0.755. The standard InChI is InChI=1S/C16H20N2O/c1-18(2)15-10-8-14(9-11-15)17-12-13-6-4-5-7-16(13)19-3/h4-11,17H,12H2,1-3H3. The molecule has 0 saturated heterocycles. The van der Waals surface area contributed by atoms with Crippen molar-refractivity contribution in [2.75, 3.05) is 31.4 Å². The Labute approximate surface area is 114 Å². The molecule has 0 aliphatic carbocycles. The maximum absolute atomic E-state index is 5.34. The molecule has 0 amide bonds. The van der Waals surface area contributed by atoms with Crippen LogP contribution in [0.3, 0.4) is 0 Å². The van der Waals surface area contributed by atoms with E-state index in [1.807, 2.05) is 32.3 Å². The lowest BCUT2D eigenvalue weighted by atomic mass is 10.2. The summed E-state index contributed by atoms with van der Waals surface area (Å²) >= 11 is 0. The molecule has 0 saturated carbocycles. The highest BCUT2D eigenvalue weighted by Gasteiger charge is 2.01. The highest BCUT2D eigenvalue weighted by molar-refractivity contribution is 5.54. The van der Waals surface area contributed by atoms with Crippen LogP contribution in [0.1, 0.15) is 5.56 Å². The first-order valence-corrected chi connectivity index (χ1v) is 6.34. The summed E-state index contributed by atoms with van der Waals surface area (Å²) in [6, 6.07) is 16.4. The summed E-state index contributed by atoms with van der Waals surface area (Å²) in [7, 11) is 5.78. The molecule has 1 N–H and O–H groups in total. The van der Waals surface area contributed by atoms with Crippen LogP contribution in [0.2, 0.25) is 0 Å². The van der Waals surface area contributed by atoms with E-state index in [1.165, 1.54) is 5.69 Å². The van der Waals surface area contributed by atoms with Gasteiger partial charge in [-0.05, 0) is 30.3 Å². The SMILES string of the molecule is COc1ccccc1CNc1ccc(N(C)C)cc1. The second-order valence-electron chi connectivity index (χ2n) is 4.61. The summed E-state index contributed by atoms with van der Waals surface area (Å²) in [5.74, 6) is 0.917. The van der Waals surface area contributed by atoms with Crippen LogP contribution in [0.5, 0.6) is 5.75 Å². The Balaban J connectivity index is 2.02. The fourth-order valence-corrected chi connectivity index (χ4v) is 1.92. The summed E-state index contributed by atoms with van der Waals surface area (Å²) in [5, 5.41) is 3.40. The molecule has 0 atom stereocenters. The van der Waals surface area contributed by atoms with Gasteiger partial charge in [0.1, 0.15) is 5.75 Å². The number of benzene rings is 2. The van der Waals surface area contributed by atoms with Crippen molar-refractivity contribution >= 4 is 11.4 Å². The number of hydrogen-bond acceptors (Lipinski definition) is 3. The van der Waals surface area contributed by atoms with E-state index in [0.717, 1.165) is 23.5 Å². The van der Waals surface area contributed by atoms with E-state index in [-0.39, 0.29) is 0 Å². The minimum absolute atomic E-state index is 0.755. The van der Waals surface area contributed by atoms with Crippen molar-refractivity contribution in [2.45, 2.75) is 6.54 Å². The van der Waals surface area contributed by atoms with E-state index in [4.69, 9.17) is 4.74 Å². The van der Waals surface area contributed by atoms with Gasteiger partial charge in [-0.25, -0.2) is 0 Å². The van der Waals surface area contributed by atoms with Crippen molar-refractivity contribution < 1.29 is 4.74 Å². The average molecular weight is 256 g/mol. The highest BCUT2D eigenvalue weighted by Crippen LogP contribution is 2.20. The molecule has 3 nitrogen and oxygen atoms in total. The molecule has 100 valence electrons. The van der Waals surface area contributed by atoms with Crippen molar-refractivity contribution in [3.63, 3.8) is 0 Å². The molecule has 0 aliphatic rings. The van der Waals surface area contributed by atoms with Crippen molar-refractivity contribution in [1.29, 1.82) is 0 Å². The van der Waals surface area contributed by atoms with E-state index < -0.39 is 0 Å². The second-order valence-corrected chi connectivity index (χ2v) is 4.61. The zero-order valence-electron chi connectivity index (χ0n) is 11.7. The summed E-state index contributed by atoms with van der Waals surface area (Å²) in [4.78, 5) is 2.09. The molecule has 0 aromatic heterocycles. The number of rotatable bonds is 5. The molecule has 0 bridgehead atoms. The van der Waals surface area contributed by atoms with Crippen LogP contribution in [0, 0.1) is 0 Å². The van der Waals surface area contributed by atoms with Crippen LogP contribution in [-0.2, 0) is 6.54 Å². The number of ether oxygens (including phenoxy) is 1. The van der Waals surface area contributed by atoms with Gasteiger partial charge < -0.3 is 15.0 Å². The van der Waals surface area contributed by atoms with Crippen LogP contribution in [0.4, 0.5) is 11.4 Å². The van der Waals surface area contributed by atoms with Gasteiger partial charge in [-0.1, -0.05) is 18.2 Å². The van der Waals surface area contributed by atoms with Gasteiger partial charge in [0.2, 0.25) is 0 Å². The third-order valence-corrected chi connectivity index (χ3v) is 3.06. The van der Waals surface area contributed by atoms with Crippen molar-refractivity contribution in [1.82, 2.24) is 0 Å². The topological polar surface area (TPSA) is 24.5 Å². The Hall–Kier alpha value is -2.16. The molecule has 0 radical (unpaired) electrons. The lowest BCUT2D eigenvalue weighted by Crippen LogP contribution is -2.08. The number of nitrogens with one attached hydrogen (secondary N) is 1. The minimum atomic E-state index is 0.755. The quantitative estimate of drug-likeness (QED) is 0.887. The van der Waals surface area contributed by atoms with Crippen LogP contribution >= 0.6 is 0 Å². The molecule has 3 heteroatoms. The number of hydrogen-bond donors (Lipinski definition) is 1. The average Bonchev–Trinajstić information content (AvgIpc) is 2.45. The van der Waals surface area contributed by atoms with E-state index in [0.29, 0.717) is 0 Å². The molecular weight excluding hydrogens is 236 g/mol. The number of anilines is 2. The molecule has 2 aromatic carbocycles. The third kappa shape index (κ3) is 3.41. The predicted octanol–water partition coefficient (Wildman–Crippen LogP) is 3.37. The van der Waals surface area contributed by atoms with Crippen LogP contribution in [-0.4, -0.2) is 21.2 Å². The number of para-hydroxylation sites is 1. The Kier molecular flexibility index (Phi) is 4.29. The van der Waals surface area contributed by atoms with Crippen molar-refractivity contribution in [3.05, 3.63) is 54.1 Å². The van der Waals surface area contributed by atoms with E-state index >= 15 is 0 Å². The lowest BCUT2D eigenvalue weighted by molar-refractivity contribution is 0.410. The molecule has 19 heavy (non-hydrogen) atoms. The minimum Gasteiger partial charge on any atom is -0.496 e. The fraction of sp³-hybridized carbons (Fsp3) is 0.250. The second kappa shape index (κ2) is 6.14. The van der Waals surface area contributed by atoms with Crippen LogP contribution in [0.25, 0.3) is 0 Å². The molecule has 2 aromatic rings. The maximum atomic E-state index is 5.34. The van der Waals surface area contributed by atoms with E-state index in [2.05, 4.69) is 40.5 Å². The zero-order valence-corrected chi connectivity index (χ0v) is 11.7. The summed E-state index contributed by atoms with van der Waals surface area (Å²) in [6.07, 6.45) is 0. The van der Waals surface area contributed by atoms with Gasteiger partial charge in [0.05, 0.1) is 7.11 Å². The first kappa shape index (κ1) is 13.3. The first-order valence-electron chi connectivity index (χ1n) is 6.34. The van der Waals surface area contributed by atoms with Gasteiger partial charge >= 0.3 is 0 Å². The van der Waals surface area contributed by atoms with Gasteiger partial charge in [0, 0.05) is 37.6 Å². The normalized spacial score (nSPS) is 10.1. The first-order chi connectivity index (χ1) is 9.20. The molecule has 0 spiro atoms. The Morgan fingerprint density at radius 2 is 1.68 bits per heavy atom. The number of nitrogens with zero attached hydrogens (tertiary/aromatic N) is 1. The molecule has 2 rings (SSSR count). The molecule has 0 unspecified atom stereocenters. The maximum Gasteiger partial charge on any atom is 0.123 e. The lowest BCUT2D eigenvalue weighted by Gasteiger charge is -2.14. The zero-order chi connectivity index (χ0) is 13.7. The fourth-order valence-electron chi connectivity index (χ4n) is 1.92. The Morgan fingerprint density at radius 1 is 1.00 bits per heavy atom. The Bertz CT molecular complexity index is 521. The third-order valence-electron chi connectivity index (χ3n) is 3.06. The largest absolute Gasteiger partial charge is 0.496 e. The van der Waals surface area contributed by atoms with Crippen LogP contribution in [0.15, 0.2) is 48.5 Å². The molecular formula is C16H20N2O. The Morgan fingerprint density at radius 3 is 2.32 bits per heavy atom. The number of methoxy groups -OCH3 is 1. The van der Waals surface area contributed by atoms with Gasteiger partial charge in [0.15, 0.2) is 0 Å². The van der Waals surface area contributed by atoms with Crippen molar-refractivity contribution in [3.8, 4) is 5.75 Å². The van der Waals surface area contributed by atoms with Gasteiger partial charge in [-0.15, -0.1) is 0 Å². The highest BCUT2D eigenvalue weighted by atomic mass is 16.5. The van der Waals surface area contributed by atoms with E-state index in [9.17, 15) is 0 Å². The monoisotopic (exact) mass is 256 g/mol. The van der Waals surface area contributed by atoms with Gasteiger partial charge in [-0.2, -0.15) is 0 Å². The van der Waals surface area contributed by atoms with Crippen molar-refractivity contribution in [2.24, 2.45) is 0 Å². The van der Waals surface area contributed by atoms with Crippen LogP contribution < -0.4 is 15.0 Å². The van der Waals surface area contributed by atoms with E-state index in [1.54, 1.807) is 7.11 Å². The summed E-state index contributed by atoms with van der Waals surface area (Å²) < 4.78 is 5.34. The molecule has 0 aliphatic heterocycles. The molecule has 0 heterocycles. The summed E-state index contributed by atoms with van der Waals surface area (Å²) in [5.41, 5.74) is 3.46. The predicted molar refractivity (Wildman–Crippen MR) is 81.1 cm³/mol. The van der Waals surface area contributed by atoms with Gasteiger partial charge in [-0.3, -0.25) is 0 Å². The molecule has 0 fully saturated rings.